The van der Waals surface area contributed by atoms with Gasteiger partial charge < -0.3 is 9.47 Å². The van der Waals surface area contributed by atoms with Crippen LogP contribution in [0.5, 0.6) is 0 Å². The van der Waals surface area contributed by atoms with E-state index in [-0.39, 0.29) is 5.92 Å². The first-order valence-corrected chi connectivity index (χ1v) is 4.47. The normalized spacial score (nSPS) is 30.7. The highest BCUT2D eigenvalue weighted by Gasteiger charge is 2.38. The molecule has 0 bridgehead atoms. The van der Waals surface area contributed by atoms with Crippen LogP contribution in [-0.2, 0) is 19.1 Å². The van der Waals surface area contributed by atoms with Crippen molar-refractivity contribution in [1.82, 2.24) is 0 Å². The van der Waals surface area contributed by atoms with Crippen molar-refractivity contribution in [1.29, 1.82) is 0 Å². The Kier molecular flexibility index (Phi) is 2.90. The maximum absolute atomic E-state index is 11.3. The first-order valence-electron chi connectivity index (χ1n) is 4.47. The van der Waals surface area contributed by atoms with Gasteiger partial charge in [0, 0.05) is 5.92 Å². The van der Waals surface area contributed by atoms with Crippen LogP contribution >= 0.6 is 0 Å². The van der Waals surface area contributed by atoms with Gasteiger partial charge in [0.1, 0.15) is 0 Å². The van der Waals surface area contributed by atoms with Crippen LogP contribution in [-0.4, -0.2) is 24.1 Å². The minimum atomic E-state index is -0.757. The highest BCUT2D eigenvalue weighted by Crippen LogP contribution is 2.19. The number of hydrogen-bond acceptors (Lipinski definition) is 4. The fourth-order valence-electron chi connectivity index (χ4n) is 1.12. The molecule has 1 fully saturated rings. The molecule has 1 saturated heterocycles. The van der Waals surface area contributed by atoms with Crippen LogP contribution < -0.4 is 0 Å². The molecule has 74 valence electrons. The van der Waals surface area contributed by atoms with E-state index >= 15 is 0 Å². The van der Waals surface area contributed by atoms with E-state index in [1.165, 1.54) is 6.92 Å². The van der Waals surface area contributed by atoms with E-state index in [0.717, 1.165) is 6.42 Å². The van der Waals surface area contributed by atoms with Crippen molar-refractivity contribution < 1.29 is 19.1 Å². The van der Waals surface area contributed by atoms with Gasteiger partial charge in [-0.2, -0.15) is 0 Å². The SMILES string of the molecule is CCC(C)C1OC(=O)C(C)OC1=O. The molecule has 1 aliphatic heterocycles. The number of hydrogen-bond donors (Lipinski definition) is 0. The highest BCUT2D eigenvalue weighted by molar-refractivity contribution is 5.87. The van der Waals surface area contributed by atoms with E-state index in [1.807, 2.05) is 13.8 Å². The van der Waals surface area contributed by atoms with Crippen LogP contribution in [0.1, 0.15) is 27.2 Å². The van der Waals surface area contributed by atoms with Crippen LogP contribution in [0.3, 0.4) is 0 Å². The average molecular weight is 186 g/mol. The van der Waals surface area contributed by atoms with E-state index in [9.17, 15) is 9.59 Å². The highest BCUT2D eigenvalue weighted by atomic mass is 16.6. The second-order valence-electron chi connectivity index (χ2n) is 3.32. The summed E-state index contributed by atoms with van der Waals surface area (Å²) in [4.78, 5) is 22.3. The van der Waals surface area contributed by atoms with Gasteiger partial charge >= 0.3 is 11.9 Å². The van der Waals surface area contributed by atoms with Crippen LogP contribution in [0.4, 0.5) is 0 Å². The van der Waals surface area contributed by atoms with Gasteiger partial charge in [0.2, 0.25) is 6.10 Å². The second kappa shape index (κ2) is 3.77. The second-order valence-corrected chi connectivity index (χ2v) is 3.32. The Morgan fingerprint density at radius 3 is 2.46 bits per heavy atom. The zero-order chi connectivity index (χ0) is 10.0. The maximum Gasteiger partial charge on any atom is 0.348 e. The summed E-state index contributed by atoms with van der Waals surface area (Å²) in [5.74, 6) is -0.865. The lowest BCUT2D eigenvalue weighted by atomic mass is 10.0. The molecule has 1 heterocycles. The van der Waals surface area contributed by atoms with Gasteiger partial charge in [-0.15, -0.1) is 0 Å². The molecule has 0 N–H and O–H groups in total. The van der Waals surface area contributed by atoms with Crippen LogP contribution in [0.15, 0.2) is 0 Å². The number of carbonyl (C=O) groups is 2. The van der Waals surface area contributed by atoms with Gasteiger partial charge in [-0.05, 0) is 13.3 Å². The molecule has 4 heteroatoms. The Morgan fingerprint density at radius 2 is 1.92 bits per heavy atom. The van der Waals surface area contributed by atoms with Gasteiger partial charge in [-0.1, -0.05) is 13.8 Å². The molecule has 0 radical (unpaired) electrons. The summed E-state index contributed by atoms with van der Waals surface area (Å²) in [7, 11) is 0. The summed E-state index contributed by atoms with van der Waals surface area (Å²) in [6.45, 7) is 5.30. The number of cyclic esters (lactones) is 2. The standard InChI is InChI=1S/C9H14O4/c1-4-5(2)7-9(11)12-6(3)8(10)13-7/h5-7H,4H2,1-3H3. The topological polar surface area (TPSA) is 52.6 Å². The van der Waals surface area contributed by atoms with Crippen molar-refractivity contribution in [2.24, 2.45) is 5.92 Å². The third kappa shape index (κ3) is 1.99. The first-order chi connectivity index (χ1) is 6.06. The minimum absolute atomic E-state index is 0.0175. The number of carbonyl (C=O) groups excluding carboxylic acids is 2. The molecule has 1 rings (SSSR count). The molecule has 0 amide bonds. The van der Waals surface area contributed by atoms with Gasteiger partial charge in [0.15, 0.2) is 6.10 Å². The monoisotopic (exact) mass is 186 g/mol. The lowest BCUT2D eigenvalue weighted by Crippen LogP contribution is -2.45. The van der Waals surface area contributed by atoms with Gasteiger partial charge in [0.05, 0.1) is 0 Å². The third-order valence-electron chi connectivity index (χ3n) is 2.26. The Hall–Kier alpha value is -1.06. The Balaban J connectivity index is 2.66. The van der Waals surface area contributed by atoms with E-state index in [2.05, 4.69) is 0 Å². The number of rotatable bonds is 2. The lowest BCUT2D eigenvalue weighted by molar-refractivity contribution is -0.197. The van der Waals surface area contributed by atoms with E-state index < -0.39 is 24.1 Å². The van der Waals surface area contributed by atoms with Crippen LogP contribution in [0.25, 0.3) is 0 Å². The Labute approximate surface area is 77.2 Å². The molecule has 0 saturated carbocycles. The molecule has 0 spiro atoms. The zero-order valence-corrected chi connectivity index (χ0v) is 8.07. The van der Waals surface area contributed by atoms with Gasteiger partial charge in [-0.25, -0.2) is 9.59 Å². The summed E-state index contributed by atoms with van der Waals surface area (Å²) >= 11 is 0. The molecular weight excluding hydrogens is 172 g/mol. The molecule has 0 aromatic heterocycles. The van der Waals surface area contributed by atoms with Crippen molar-refractivity contribution >= 4 is 11.9 Å². The largest absolute Gasteiger partial charge is 0.448 e. The number of esters is 2. The van der Waals surface area contributed by atoms with Crippen LogP contribution in [0.2, 0.25) is 0 Å². The summed E-state index contributed by atoms with van der Waals surface area (Å²) in [6, 6.07) is 0. The fraction of sp³-hybridized carbons (Fsp3) is 0.778. The molecule has 0 aromatic carbocycles. The fourth-order valence-corrected chi connectivity index (χ4v) is 1.12. The molecule has 1 aliphatic rings. The van der Waals surface area contributed by atoms with Crippen molar-refractivity contribution in [2.45, 2.75) is 39.4 Å². The predicted molar refractivity (Wildman–Crippen MR) is 44.9 cm³/mol. The maximum atomic E-state index is 11.3. The van der Waals surface area contributed by atoms with Crippen molar-refractivity contribution in [3.05, 3.63) is 0 Å². The predicted octanol–water partition coefficient (Wildman–Crippen LogP) is 0.890. The third-order valence-corrected chi connectivity index (χ3v) is 2.26. The van der Waals surface area contributed by atoms with Gasteiger partial charge in [-0.3, -0.25) is 0 Å². The quantitative estimate of drug-likeness (QED) is 0.601. The molecule has 0 aliphatic carbocycles. The Bertz CT molecular complexity index is 224. The molecule has 4 nitrogen and oxygen atoms in total. The summed E-state index contributed by atoms with van der Waals surface area (Å²) in [5.41, 5.74) is 0. The van der Waals surface area contributed by atoms with Crippen molar-refractivity contribution in [3.63, 3.8) is 0 Å². The molecule has 3 unspecified atom stereocenters. The zero-order valence-electron chi connectivity index (χ0n) is 8.07. The van der Waals surface area contributed by atoms with E-state index in [0.29, 0.717) is 0 Å². The molecule has 3 atom stereocenters. The summed E-state index contributed by atoms with van der Waals surface area (Å²) in [5, 5.41) is 0. The van der Waals surface area contributed by atoms with Crippen LogP contribution in [0, 0.1) is 5.92 Å². The smallest absolute Gasteiger partial charge is 0.348 e. The van der Waals surface area contributed by atoms with E-state index in [1.54, 1.807) is 0 Å². The van der Waals surface area contributed by atoms with Gasteiger partial charge in [0.25, 0.3) is 0 Å². The average Bonchev–Trinajstić information content (AvgIpc) is 2.10. The van der Waals surface area contributed by atoms with Crippen molar-refractivity contribution in [3.8, 4) is 0 Å². The number of ether oxygens (including phenoxy) is 2. The lowest BCUT2D eigenvalue weighted by Gasteiger charge is -2.28. The van der Waals surface area contributed by atoms with E-state index in [4.69, 9.17) is 9.47 Å². The molecular formula is C9H14O4. The summed E-state index contributed by atoms with van der Waals surface area (Å²) in [6.07, 6.45) is -0.692. The Morgan fingerprint density at radius 1 is 1.31 bits per heavy atom. The summed E-state index contributed by atoms with van der Waals surface area (Å²) < 4.78 is 9.77. The minimum Gasteiger partial charge on any atom is -0.448 e. The molecule has 13 heavy (non-hydrogen) atoms. The molecule has 0 aromatic rings. The van der Waals surface area contributed by atoms with Crippen molar-refractivity contribution in [2.75, 3.05) is 0 Å². The first kappa shape index (κ1) is 10.0.